The summed E-state index contributed by atoms with van der Waals surface area (Å²) in [6.07, 6.45) is 6.30. The van der Waals surface area contributed by atoms with E-state index in [1.165, 1.54) is 48.5 Å². The summed E-state index contributed by atoms with van der Waals surface area (Å²) in [6, 6.07) is 7.48. The van der Waals surface area contributed by atoms with Gasteiger partial charge in [0.05, 0.1) is 18.4 Å². The third-order valence-corrected chi connectivity index (χ3v) is 5.60. The molecule has 1 heterocycles. The van der Waals surface area contributed by atoms with Crippen molar-refractivity contribution in [1.29, 1.82) is 0 Å². The molecule has 0 aliphatic heterocycles. The van der Waals surface area contributed by atoms with Crippen LogP contribution in [-0.2, 0) is 4.79 Å². The summed E-state index contributed by atoms with van der Waals surface area (Å²) >= 11 is 1.28. The number of methoxy groups -OCH3 is 1. The van der Waals surface area contributed by atoms with Gasteiger partial charge in [-0.1, -0.05) is 43.2 Å². The summed E-state index contributed by atoms with van der Waals surface area (Å²) in [5.41, 5.74) is 0.763. The molecule has 1 aliphatic carbocycles. The number of nitrogens with zero attached hydrogens (tertiary/aromatic N) is 3. The fraction of sp³-hybridized carbons (Fsp3) is 0.500. The number of amides is 1. The molecule has 1 aromatic carbocycles. The summed E-state index contributed by atoms with van der Waals surface area (Å²) in [6.45, 7) is 0.765. The number of thioether (sulfide) groups is 1. The SMILES string of the molecule is COc1ccccc1-c1nnc(SCC(=O)NCC2CCCCC2)n1N. The van der Waals surface area contributed by atoms with Gasteiger partial charge >= 0.3 is 0 Å². The van der Waals surface area contributed by atoms with Crippen LogP contribution in [0.2, 0.25) is 0 Å². The minimum Gasteiger partial charge on any atom is -0.496 e. The van der Waals surface area contributed by atoms with Crippen LogP contribution in [0.4, 0.5) is 0 Å². The first-order valence-electron chi connectivity index (χ1n) is 8.92. The van der Waals surface area contributed by atoms with E-state index in [0.29, 0.717) is 22.6 Å². The number of rotatable bonds is 7. The number of para-hydroxylation sites is 1. The predicted octanol–water partition coefficient (Wildman–Crippen LogP) is 2.46. The average Bonchev–Trinajstić information content (AvgIpc) is 3.05. The zero-order valence-electron chi connectivity index (χ0n) is 15.0. The Morgan fingerprint density at radius 2 is 2.08 bits per heavy atom. The molecule has 2 aromatic rings. The van der Waals surface area contributed by atoms with E-state index < -0.39 is 0 Å². The number of ether oxygens (including phenoxy) is 1. The second-order valence-electron chi connectivity index (χ2n) is 6.47. The van der Waals surface area contributed by atoms with Crippen LogP contribution in [0.25, 0.3) is 11.4 Å². The van der Waals surface area contributed by atoms with Crippen molar-refractivity contribution >= 4 is 17.7 Å². The van der Waals surface area contributed by atoms with Gasteiger partial charge < -0.3 is 15.9 Å². The summed E-state index contributed by atoms with van der Waals surface area (Å²) in [7, 11) is 1.60. The number of benzene rings is 1. The monoisotopic (exact) mass is 375 g/mol. The highest BCUT2D eigenvalue weighted by Crippen LogP contribution is 2.29. The standard InChI is InChI=1S/C18H25N5O2S/c1-25-15-10-6-5-9-14(15)17-21-22-18(23(17)19)26-12-16(24)20-11-13-7-3-2-4-8-13/h5-6,9-10,13H,2-4,7-8,11-12,19H2,1H3,(H,20,24). The Bertz CT molecular complexity index is 743. The van der Waals surface area contributed by atoms with E-state index in [4.69, 9.17) is 10.6 Å². The van der Waals surface area contributed by atoms with Crippen LogP contribution in [0.3, 0.4) is 0 Å². The Hall–Kier alpha value is -2.22. The molecular formula is C18H25N5O2S. The summed E-state index contributed by atoms with van der Waals surface area (Å²) in [5, 5.41) is 11.8. The molecule has 1 aromatic heterocycles. The number of carbonyl (C=O) groups excluding carboxylic acids is 1. The first kappa shape index (κ1) is 18.6. The van der Waals surface area contributed by atoms with Crippen molar-refractivity contribution in [1.82, 2.24) is 20.2 Å². The molecule has 0 spiro atoms. The van der Waals surface area contributed by atoms with Crippen LogP contribution in [-0.4, -0.2) is 40.2 Å². The van der Waals surface area contributed by atoms with Gasteiger partial charge in [0.15, 0.2) is 5.82 Å². The van der Waals surface area contributed by atoms with Gasteiger partial charge in [-0.3, -0.25) is 4.79 Å². The van der Waals surface area contributed by atoms with Crippen LogP contribution < -0.4 is 15.9 Å². The molecule has 26 heavy (non-hydrogen) atoms. The zero-order chi connectivity index (χ0) is 18.4. The van der Waals surface area contributed by atoms with Crippen molar-refractivity contribution in [3.63, 3.8) is 0 Å². The summed E-state index contributed by atoms with van der Waals surface area (Å²) in [4.78, 5) is 12.1. The van der Waals surface area contributed by atoms with Crippen LogP contribution in [0, 0.1) is 5.92 Å². The smallest absolute Gasteiger partial charge is 0.230 e. The molecule has 3 N–H and O–H groups in total. The van der Waals surface area contributed by atoms with Crippen molar-refractivity contribution in [3.05, 3.63) is 24.3 Å². The minimum atomic E-state index is 0.00224. The molecular weight excluding hydrogens is 350 g/mol. The minimum absolute atomic E-state index is 0.00224. The van der Waals surface area contributed by atoms with Crippen molar-refractivity contribution in [3.8, 4) is 17.1 Å². The molecule has 8 heteroatoms. The molecule has 140 valence electrons. The number of nitrogen functional groups attached to an aromatic ring is 1. The van der Waals surface area contributed by atoms with Crippen molar-refractivity contribution in [2.24, 2.45) is 5.92 Å². The van der Waals surface area contributed by atoms with E-state index >= 15 is 0 Å². The van der Waals surface area contributed by atoms with Crippen molar-refractivity contribution < 1.29 is 9.53 Å². The van der Waals surface area contributed by atoms with Gasteiger partial charge in [-0.25, -0.2) is 4.68 Å². The highest BCUT2D eigenvalue weighted by Gasteiger charge is 2.17. The van der Waals surface area contributed by atoms with Gasteiger partial charge in [-0.15, -0.1) is 10.2 Å². The zero-order valence-corrected chi connectivity index (χ0v) is 15.8. The number of nitrogens with one attached hydrogen (secondary N) is 1. The first-order valence-corrected chi connectivity index (χ1v) is 9.91. The second-order valence-corrected chi connectivity index (χ2v) is 7.42. The fourth-order valence-corrected chi connectivity index (χ4v) is 3.91. The Morgan fingerprint density at radius 1 is 1.31 bits per heavy atom. The number of carbonyl (C=O) groups is 1. The third kappa shape index (κ3) is 4.49. The van der Waals surface area contributed by atoms with E-state index in [0.717, 1.165) is 12.1 Å². The topological polar surface area (TPSA) is 95.1 Å². The second kappa shape index (κ2) is 8.93. The van der Waals surface area contributed by atoms with Crippen molar-refractivity contribution in [2.45, 2.75) is 37.3 Å². The molecule has 1 amide bonds. The largest absolute Gasteiger partial charge is 0.496 e. The Balaban J connectivity index is 1.55. The highest BCUT2D eigenvalue weighted by atomic mass is 32.2. The summed E-state index contributed by atoms with van der Waals surface area (Å²) in [5.74, 6) is 8.19. The maximum Gasteiger partial charge on any atom is 0.230 e. The Kier molecular flexibility index (Phi) is 6.38. The normalized spacial score (nSPS) is 15.0. The van der Waals surface area contributed by atoms with Crippen LogP contribution in [0.15, 0.2) is 29.4 Å². The number of hydrogen-bond donors (Lipinski definition) is 2. The molecule has 0 radical (unpaired) electrons. The maximum absolute atomic E-state index is 12.1. The number of hydrogen-bond acceptors (Lipinski definition) is 6. The molecule has 1 saturated carbocycles. The van der Waals surface area contributed by atoms with Gasteiger partial charge in [0.1, 0.15) is 5.75 Å². The quantitative estimate of drug-likeness (QED) is 0.570. The molecule has 0 atom stereocenters. The van der Waals surface area contributed by atoms with E-state index in [1.54, 1.807) is 7.11 Å². The maximum atomic E-state index is 12.1. The first-order chi connectivity index (χ1) is 12.7. The summed E-state index contributed by atoms with van der Waals surface area (Å²) < 4.78 is 6.74. The molecule has 7 nitrogen and oxygen atoms in total. The van der Waals surface area contributed by atoms with E-state index in [1.807, 2.05) is 24.3 Å². The van der Waals surface area contributed by atoms with Gasteiger partial charge in [0, 0.05) is 6.54 Å². The van der Waals surface area contributed by atoms with Crippen LogP contribution in [0.1, 0.15) is 32.1 Å². The Labute approximate surface area is 157 Å². The van der Waals surface area contributed by atoms with Crippen LogP contribution >= 0.6 is 11.8 Å². The molecule has 0 unspecified atom stereocenters. The lowest BCUT2D eigenvalue weighted by Gasteiger charge is -2.21. The Morgan fingerprint density at radius 3 is 2.85 bits per heavy atom. The van der Waals surface area contributed by atoms with Gasteiger partial charge in [-0.05, 0) is 30.9 Å². The lowest BCUT2D eigenvalue weighted by Crippen LogP contribution is -2.31. The van der Waals surface area contributed by atoms with E-state index in [9.17, 15) is 4.79 Å². The average molecular weight is 375 g/mol. The van der Waals surface area contributed by atoms with Gasteiger partial charge in [0.2, 0.25) is 11.1 Å². The highest BCUT2D eigenvalue weighted by molar-refractivity contribution is 7.99. The van der Waals surface area contributed by atoms with Gasteiger partial charge in [-0.2, -0.15) is 0 Å². The van der Waals surface area contributed by atoms with Gasteiger partial charge in [0.25, 0.3) is 0 Å². The van der Waals surface area contributed by atoms with E-state index in [-0.39, 0.29) is 11.7 Å². The fourth-order valence-electron chi connectivity index (χ4n) is 3.22. The number of aromatic nitrogens is 3. The van der Waals surface area contributed by atoms with Crippen LogP contribution in [0.5, 0.6) is 5.75 Å². The lowest BCUT2D eigenvalue weighted by molar-refractivity contribution is -0.118. The predicted molar refractivity (Wildman–Crippen MR) is 102 cm³/mol. The molecule has 0 saturated heterocycles. The molecule has 1 aliphatic rings. The van der Waals surface area contributed by atoms with E-state index in [2.05, 4.69) is 15.5 Å². The molecule has 3 rings (SSSR count). The molecule has 0 bridgehead atoms. The lowest BCUT2D eigenvalue weighted by atomic mass is 9.89. The third-order valence-electron chi connectivity index (χ3n) is 4.66. The molecule has 1 fully saturated rings. The van der Waals surface area contributed by atoms with Crippen molar-refractivity contribution in [2.75, 3.05) is 25.3 Å². The number of nitrogens with two attached hydrogens (primary N) is 1.